The van der Waals surface area contributed by atoms with Gasteiger partial charge in [0.15, 0.2) is 0 Å². The van der Waals surface area contributed by atoms with Gasteiger partial charge in [0.25, 0.3) is 0 Å². The zero-order chi connectivity index (χ0) is 10.4. The lowest BCUT2D eigenvalue weighted by Gasteiger charge is -1.96. The summed E-state index contributed by atoms with van der Waals surface area (Å²) in [7, 11) is 0. The van der Waals surface area contributed by atoms with Crippen LogP contribution >= 0.6 is 0 Å². The molecule has 3 heteroatoms. The molecule has 0 atom stereocenters. The number of hydrogen-bond donors (Lipinski definition) is 0. The number of nitriles is 2. The van der Waals surface area contributed by atoms with E-state index in [9.17, 15) is 4.39 Å². The third-order valence-corrected chi connectivity index (χ3v) is 1.63. The normalized spacial score (nSPS) is 9.64. The van der Waals surface area contributed by atoms with E-state index >= 15 is 0 Å². The van der Waals surface area contributed by atoms with Crippen LogP contribution in [0.15, 0.2) is 24.3 Å². The van der Waals surface area contributed by atoms with E-state index in [2.05, 4.69) is 0 Å². The maximum atomic E-state index is 13.1. The van der Waals surface area contributed by atoms with Crippen LogP contribution in [0, 0.1) is 28.5 Å². The number of halogens is 1. The van der Waals surface area contributed by atoms with E-state index in [4.69, 9.17) is 10.5 Å². The minimum atomic E-state index is -0.391. The Labute approximate surface area is 81.5 Å². The Bertz CT molecular complexity index is 436. The maximum Gasteiger partial charge on any atom is 0.130 e. The van der Waals surface area contributed by atoms with E-state index in [1.165, 1.54) is 24.3 Å². The predicted molar refractivity (Wildman–Crippen MR) is 50.4 cm³/mol. The summed E-state index contributed by atoms with van der Waals surface area (Å²) >= 11 is 0. The third kappa shape index (κ3) is 2.43. The second kappa shape index (κ2) is 4.79. The minimum absolute atomic E-state index is 0.232. The first-order valence-electron chi connectivity index (χ1n) is 4.01. The van der Waals surface area contributed by atoms with Crippen molar-refractivity contribution in [2.24, 2.45) is 0 Å². The molecular weight excluding hydrogens is 179 g/mol. The van der Waals surface area contributed by atoms with Crippen LogP contribution < -0.4 is 0 Å². The van der Waals surface area contributed by atoms with Crippen molar-refractivity contribution in [2.45, 2.75) is 6.42 Å². The van der Waals surface area contributed by atoms with Gasteiger partial charge in [-0.25, -0.2) is 4.39 Å². The Morgan fingerprint density at radius 3 is 2.79 bits per heavy atom. The van der Waals surface area contributed by atoms with E-state index in [-0.39, 0.29) is 6.42 Å². The van der Waals surface area contributed by atoms with Crippen LogP contribution in [0.4, 0.5) is 4.39 Å². The predicted octanol–water partition coefficient (Wildman–Crippen LogP) is 2.62. The van der Waals surface area contributed by atoms with Crippen molar-refractivity contribution >= 4 is 6.08 Å². The van der Waals surface area contributed by atoms with Crippen LogP contribution in [0.1, 0.15) is 17.5 Å². The van der Waals surface area contributed by atoms with Crippen LogP contribution in [0.5, 0.6) is 0 Å². The highest BCUT2D eigenvalue weighted by atomic mass is 19.1. The molecule has 1 aromatic carbocycles. The van der Waals surface area contributed by atoms with Crippen molar-refractivity contribution in [2.75, 3.05) is 0 Å². The monoisotopic (exact) mass is 186 g/mol. The summed E-state index contributed by atoms with van der Waals surface area (Å²) in [6, 6.07) is 7.93. The van der Waals surface area contributed by atoms with E-state index in [1.54, 1.807) is 6.08 Å². The molecule has 0 spiro atoms. The molecule has 14 heavy (non-hydrogen) atoms. The van der Waals surface area contributed by atoms with Crippen molar-refractivity contribution < 1.29 is 4.39 Å². The van der Waals surface area contributed by atoms with Crippen LogP contribution in [-0.2, 0) is 0 Å². The zero-order valence-electron chi connectivity index (χ0n) is 7.37. The molecule has 2 nitrogen and oxygen atoms in total. The van der Waals surface area contributed by atoms with Gasteiger partial charge in [-0.2, -0.15) is 10.5 Å². The first-order chi connectivity index (χ1) is 6.77. The molecule has 0 aromatic heterocycles. The van der Waals surface area contributed by atoms with Crippen molar-refractivity contribution in [3.8, 4) is 12.1 Å². The highest BCUT2D eigenvalue weighted by Crippen LogP contribution is 2.11. The summed E-state index contributed by atoms with van der Waals surface area (Å²) in [5.74, 6) is -0.391. The summed E-state index contributed by atoms with van der Waals surface area (Å²) in [6.45, 7) is 0. The lowest BCUT2D eigenvalue weighted by Crippen LogP contribution is -1.83. The summed E-state index contributed by atoms with van der Waals surface area (Å²) in [5, 5.41) is 16.8. The van der Waals surface area contributed by atoms with Crippen LogP contribution in [0.3, 0.4) is 0 Å². The zero-order valence-corrected chi connectivity index (χ0v) is 7.37. The fourth-order valence-corrected chi connectivity index (χ4v) is 0.980. The molecule has 0 saturated carbocycles. The molecule has 68 valence electrons. The van der Waals surface area contributed by atoms with Crippen molar-refractivity contribution in [3.63, 3.8) is 0 Å². The molecule has 0 bridgehead atoms. The second-order valence-electron chi connectivity index (χ2n) is 2.61. The van der Waals surface area contributed by atoms with Crippen molar-refractivity contribution in [1.29, 1.82) is 10.5 Å². The first-order valence-corrected chi connectivity index (χ1v) is 4.01. The molecule has 1 rings (SSSR count). The number of nitrogens with zero attached hydrogens (tertiary/aromatic N) is 2. The van der Waals surface area contributed by atoms with Gasteiger partial charge in [-0.05, 0) is 18.2 Å². The summed E-state index contributed by atoms with van der Waals surface area (Å²) in [4.78, 5) is 0. The number of rotatable bonds is 2. The fraction of sp³-hybridized carbons (Fsp3) is 0.0909. The van der Waals surface area contributed by atoms with Crippen LogP contribution in [0.2, 0.25) is 0 Å². The fourth-order valence-electron chi connectivity index (χ4n) is 0.980. The molecule has 0 amide bonds. The van der Waals surface area contributed by atoms with Crippen LogP contribution in [-0.4, -0.2) is 0 Å². The molecule has 0 heterocycles. The van der Waals surface area contributed by atoms with Crippen LogP contribution in [0.25, 0.3) is 6.08 Å². The van der Waals surface area contributed by atoms with Gasteiger partial charge in [0.1, 0.15) is 5.82 Å². The SMILES string of the molecule is N#CCC=Cc1cc(C#N)ccc1F. The molecule has 0 fully saturated rings. The van der Waals surface area contributed by atoms with E-state index in [0.29, 0.717) is 11.1 Å². The summed E-state index contributed by atoms with van der Waals surface area (Å²) in [5.41, 5.74) is 0.738. The lowest BCUT2D eigenvalue weighted by molar-refractivity contribution is 0.625. The van der Waals surface area contributed by atoms with Gasteiger partial charge in [-0.15, -0.1) is 0 Å². The van der Waals surface area contributed by atoms with Gasteiger partial charge >= 0.3 is 0 Å². The van der Waals surface area contributed by atoms with Gasteiger partial charge in [-0.1, -0.05) is 12.2 Å². The molecule has 0 aliphatic carbocycles. The minimum Gasteiger partial charge on any atom is -0.206 e. The largest absolute Gasteiger partial charge is 0.206 e. The molecule has 0 radical (unpaired) electrons. The highest BCUT2D eigenvalue weighted by Gasteiger charge is 1.99. The molecule has 0 aliphatic heterocycles. The second-order valence-corrected chi connectivity index (χ2v) is 2.61. The van der Waals surface area contributed by atoms with E-state index in [1.807, 2.05) is 12.1 Å². The maximum absolute atomic E-state index is 13.1. The molecule has 0 aliphatic rings. The van der Waals surface area contributed by atoms with E-state index < -0.39 is 5.82 Å². The summed E-state index contributed by atoms with van der Waals surface area (Å²) in [6.07, 6.45) is 3.29. The number of allylic oxidation sites excluding steroid dienone is 1. The Morgan fingerprint density at radius 2 is 2.14 bits per heavy atom. The van der Waals surface area contributed by atoms with Gasteiger partial charge in [0.05, 0.1) is 24.1 Å². The van der Waals surface area contributed by atoms with Gasteiger partial charge in [0.2, 0.25) is 0 Å². The molecule has 0 saturated heterocycles. The lowest BCUT2D eigenvalue weighted by atomic mass is 10.1. The topological polar surface area (TPSA) is 47.6 Å². The third-order valence-electron chi connectivity index (χ3n) is 1.63. The Morgan fingerprint density at radius 1 is 1.36 bits per heavy atom. The molecule has 1 aromatic rings. The smallest absolute Gasteiger partial charge is 0.130 e. The van der Waals surface area contributed by atoms with E-state index in [0.717, 1.165) is 0 Å². The van der Waals surface area contributed by atoms with Gasteiger partial charge in [0, 0.05) is 5.56 Å². The molecular formula is C11H7FN2. The Hall–Kier alpha value is -2.13. The molecule has 0 N–H and O–H groups in total. The summed E-state index contributed by atoms with van der Waals surface area (Å²) < 4.78 is 13.1. The average molecular weight is 186 g/mol. The first kappa shape index (κ1) is 9.95. The Balaban J connectivity index is 2.97. The van der Waals surface area contributed by atoms with Crippen molar-refractivity contribution in [1.82, 2.24) is 0 Å². The quantitative estimate of drug-likeness (QED) is 0.712. The average Bonchev–Trinajstić information content (AvgIpc) is 2.21. The number of hydrogen-bond acceptors (Lipinski definition) is 2. The van der Waals surface area contributed by atoms with Gasteiger partial charge in [-0.3, -0.25) is 0 Å². The Kier molecular flexibility index (Phi) is 3.41. The highest BCUT2D eigenvalue weighted by molar-refractivity contribution is 5.53. The van der Waals surface area contributed by atoms with Gasteiger partial charge < -0.3 is 0 Å². The molecule has 0 unspecified atom stereocenters. The number of benzene rings is 1. The standard InChI is InChI=1S/C11H7FN2/c12-11-5-4-9(8-14)7-10(11)3-1-2-6-13/h1,3-5,7H,2H2. The van der Waals surface area contributed by atoms with Crippen molar-refractivity contribution in [3.05, 3.63) is 41.2 Å².